The molecule has 1 nitrogen and oxygen atoms in total. The predicted octanol–water partition coefficient (Wildman–Crippen LogP) is -1.96. The number of nitrogens with zero attached hydrogens (tertiary/aromatic N) is 1. The molecule has 0 aromatic rings. The van der Waals surface area contributed by atoms with Crippen molar-refractivity contribution in [2.45, 2.75) is 0 Å². The summed E-state index contributed by atoms with van der Waals surface area (Å²) in [5.41, 5.74) is 0.924. The van der Waals surface area contributed by atoms with Crippen molar-refractivity contribution >= 4 is 6.21 Å². The maximum Gasteiger partial charge on any atom is 0.276 e. The standard InChI is InChI=1S/C7H7N.ClH/c1-2-7-5-3-4-6-8-7;/h2-6H,1H2;1H/q+1;/p-1. The van der Waals surface area contributed by atoms with Gasteiger partial charge in [0.2, 0.25) is 6.21 Å². The summed E-state index contributed by atoms with van der Waals surface area (Å²) in [6.45, 7) is 3.57. The highest BCUT2D eigenvalue weighted by molar-refractivity contribution is 5.73. The zero-order valence-corrected chi connectivity index (χ0v) is 5.67. The molecule has 0 fully saturated rings. The van der Waals surface area contributed by atoms with Gasteiger partial charge in [0, 0.05) is 18.2 Å². The van der Waals surface area contributed by atoms with Crippen molar-refractivity contribution in [2.24, 2.45) is 0 Å². The van der Waals surface area contributed by atoms with Crippen LogP contribution in [0.25, 0.3) is 0 Å². The molecule has 1 radical (unpaired) electrons. The zero-order chi connectivity index (χ0) is 5.82. The average molecular weight is 141 g/mol. The van der Waals surface area contributed by atoms with Gasteiger partial charge >= 0.3 is 0 Å². The monoisotopic (exact) mass is 140 g/mol. The molecule has 0 aromatic carbocycles. The molecule has 0 N–H and O–H groups in total. The highest BCUT2D eigenvalue weighted by atomic mass is 35.5. The highest BCUT2D eigenvalue weighted by Crippen LogP contribution is 1.91. The molecule has 2 heteroatoms. The van der Waals surface area contributed by atoms with Crippen LogP contribution in [0.2, 0.25) is 0 Å². The Balaban J connectivity index is 0.000000640. The first-order chi connectivity index (χ1) is 3.93. The van der Waals surface area contributed by atoms with E-state index in [0.29, 0.717) is 0 Å². The van der Waals surface area contributed by atoms with E-state index in [1.165, 1.54) is 0 Å². The summed E-state index contributed by atoms with van der Waals surface area (Å²) < 4.78 is 0. The van der Waals surface area contributed by atoms with E-state index < -0.39 is 0 Å². The van der Waals surface area contributed by atoms with E-state index in [0.717, 1.165) is 5.70 Å². The van der Waals surface area contributed by atoms with Crippen molar-refractivity contribution in [3.63, 3.8) is 0 Å². The number of allylic oxidation sites excluding steroid dienone is 4. The van der Waals surface area contributed by atoms with Crippen LogP contribution < -0.4 is 17.4 Å². The first-order valence-electron chi connectivity index (χ1n) is 2.47. The molecule has 1 rings (SSSR count). The second kappa shape index (κ2) is 4.10. The van der Waals surface area contributed by atoms with Crippen LogP contribution in [-0.4, -0.2) is 6.21 Å². The van der Waals surface area contributed by atoms with E-state index >= 15 is 0 Å². The lowest BCUT2D eigenvalue weighted by molar-refractivity contribution is -0.00000164. The maximum atomic E-state index is 3.98. The van der Waals surface area contributed by atoms with Crippen molar-refractivity contribution in [1.82, 2.24) is 4.99 Å². The first-order valence-corrected chi connectivity index (χ1v) is 2.47. The van der Waals surface area contributed by atoms with E-state index in [2.05, 4.69) is 11.6 Å². The fourth-order valence-electron chi connectivity index (χ4n) is 0.497. The smallest absolute Gasteiger partial charge is 0.276 e. The van der Waals surface area contributed by atoms with E-state index in [-0.39, 0.29) is 12.4 Å². The van der Waals surface area contributed by atoms with E-state index in [9.17, 15) is 0 Å². The number of halogens is 1. The molecule has 1 aliphatic heterocycles. The molecule has 9 heavy (non-hydrogen) atoms. The van der Waals surface area contributed by atoms with Crippen LogP contribution in [0, 0.1) is 0 Å². The minimum Gasteiger partial charge on any atom is -1.00 e. The van der Waals surface area contributed by atoms with Crippen molar-refractivity contribution in [1.29, 1.82) is 0 Å². The first kappa shape index (κ1) is 8.18. The Morgan fingerprint density at radius 2 is 2.22 bits per heavy atom. The number of hydrogen-bond donors (Lipinski definition) is 0. The van der Waals surface area contributed by atoms with Gasteiger partial charge in [-0.15, -0.1) is 0 Å². The molecule has 1 aliphatic rings. The second-order valence-corrected chi connectivity index (χ2v) is 1.46. The molecule has 0 spiro atoms. The van der Waals surface area contributed by atoms with Crippen LogP contribution in [0.1, 0.15) is 0 Å². The van der Waals surface area contributed by atoms with Crippen LogP contribution in [0.5, 0.6) is 0 Å². The van der Waals surface area contributed by atoms with Crippen LogP contribution in [-0.2, 0) is 0 Å². The largest absolute Gasteiger partial charge is 1.00 e. The third-order valence-corrected chi connectivity index (χ3v) is 0.897. The second-order valence-electron chi connectivity index (χ2n) is 1.46. The molecule has 0 unspecified atom stereocenters. The molecular formula is C7H7ClN. The van der Waals surface area contributed by atoms with Gasteiger partial charge in [0.15, 0.2) is 0 Å². The van der Waals surface area contributed by atoms with Crippen molar-refractivity contribution in [2.75, 3.05) is 0 Å². The van der Waals surface area contributed by atoms with Crippen molar-refractivity contribution in [3.05, 3.63) is 36.6 Å². The molecule has 0 aliphatic carbocycles. The summed E-state index contributed by atoms with van der Waals surface area (Å²) in [6, 6.07) is 0. The molecular weight excluding hydrogens is 134 g/mol. The van der Waals surface area contributed by atoms with E-state index in [4.69, 9.17) is 0 Å². The molecule has 47 valence electrons. The average Bonchev–Trinajstić information content (AvgIpc) is 1.90. The summed E-state index contributed by atoms with van der Waals surface area (Å²) in [4.78, 5) is 3.98. The summed E-state index contributed by atoms with van der Waals surface area (Å²) in [5.74, 6) is 0. The van der Waals surface area contributed by atoms with Gasteiger partial charge in [-0.25, -0.2) is 0 Å². The summed E-state index contributed by atoms with van der Waals surface area (Å²) in [6.07, 6.45) is 9.20. The fraction of sp³-hybridized carbons (Fsp3) is 0. The minimum atomic E-state index is 0. The van der Waals surface area contributed by atoms with Gasteiger partial charge in [-0.3, -0.25) is 0 Å². The molecule has 1 heterocycles. The third-order valence-electron chi connectivity index (χ3n) is 0.897. The topological polar surface area (TPSA) is 14.1 Å². The summed E-state index contributed by atoms with van der Waals surface area (Å²) in [7, 11) is 0. The van der Waals surface area contributed by atoms with Crippen LogP contribution >= 0.6 is 0 Å². The Labute approximate surface area is 60.9 Å². The van der Waals surface area contributed by atoms with Crippen molar-refractivity contribution in [3.8, 4) is 0 Å². The Bertz CT molecular complexity index is 177. The molecule has 0 bridgehead atoms. The summed E-state index contributed by atoms with van der Waals surface area (Å²) in [5, 5.41) is 0. The number of hydrogen-bond acceptors (Lipinski definition) is 1. The van der Waals surface area contributed by atoms with Gasteiger partial charge in [0.05, 0.1) is 4.99 Å². The summed E-state index contributed by atoms with van der Waals surface area (Å²) >= 11 is 0. The highest BCUT2D eigenvalue weighted by Gasteiger charge is 1.99. The molecule has 0 atom stereocenters. The van der Waals surface area contributed by atoms with Gasteiger partial charge in [-0.1, -0.05) is 6.58 Å². The van der Waals surface area contributed by atoms with Gasteiger partial charge in [-0.05, 0) is 6.08 Å². The van der Waals surface area contributed by atoms with Crippen LogP contribution in [0.15, 0.2) is 36.6 Å². The Morgan fingerprint density at radius 1 is 1.44 bits per heavy atom. The lowest BCUT2D eigenvalue weighted by Crippen LogP contribution is -3.00. The Kier molecular flexibility index (Phi) is 3.72. The van der Waals surface area contributed by atoms with Crippen molar-refractivity contribution < 1.29 is 12.4 Å². The molecule has 0 saturated carbocycles. The maximum absolute atomic E-state index is 3.98. The molecule has 0 aromatic heterocycles. The minimum absolute atomic E-state index is 0. The van der Waals surface area contributed by atoms with Gasteiger partial charge in [0.1, 0.15) is 0 Å². The third kappa shape index (κ3) is 2.29. The number of rotatable bonds is 1. The molecule has 0 saturated heterocycles. The lowest BCUT2D eigenvalue weighted by atomic mass is 10.3. The quantitative estimate of drug-likeness (QED) is 0.402. The van der Waals surface area contributed by atoms with Crippen LogP contribution in [0.4, 0.5) is 0 Å². The van der Waals surface area contributed by atoms with Crippen LogP contribution in [0.3, 0.4) is 0 Å². The normalized spacial score (nSPS) is 14.0. The number of aliphatic imine (C=N–C) groups is 1. The zero-order valence-electron chi connectivity index (χ0n) is 4.92. The molecule has 0 amide bonds. The van der Waals surface area contributed by atoms with Gasteiger partial charge < -0.3 is 12.4 Å². The van der Waals surface area contributed by atoms with Gasteiger partial charge in [0.25, 0.3) is 5.70 Å². The fourth-order valence-corrected chi connectivity index (χ4v) is 0.497. The Morgan fingerprint density at radius 3 is 2.56 bits per heavy atom. The van der Waals surface area contributed by atoms with Gasteiger partial charge in [-0.2, -0.15) is 0 Å². The SMILES string of the molecule is C=CC1=CC=CC=[N+]1.[Cl-]. The Hall–Kier alpha value is -0.820. The van der Waals surface area contributed by atoms with E-state index in [1.807, 2.05) is 18.2 Å². The lowest BCUT2D eigenvalue weighted by Gasteiger charge is -1.76. The van der Waals surface area contributed by atoms with E-state index in [1.54, 1.807) is 12.3 Å². The predicted molar refractivity (Wildman–Crippen MR) is 35.6 cm³/mol.